The number of rotatable bonds is 7. The lowest BCUT2D eigenvalue weighted by Gasteiger charge is -2.15. The SMILES string of the molecule is CC[C@@H](N)CNc1nc(-c2cc(-c3cccc(C(N)=O)c3)ccc2O)nc2ccccc12. The molecule has 162 valence electrons. The molecular formula is C25H25N5O2. The number of nitrogens with one attached hydrogen (secondary N) is 1. The minimum atomic E-state index is -0.496. The second-order valence-corrected chi connectivity index (χ2v) is 7.64. The molecule has 0 bridgehead atoms. The van der Waals surface area contributed by atoms with Crippen molar-refractivity contribution in [1.82, 2.24) is 9.97 Å². The van der Waals surface area contributed by atoms with Gasteiger partial charge in [-0.3, -0.25) is 4.79 Å². The van der Waals surface area contributed by atoms with E-state index in [-0.39, 0.29) is 11.8 Å². The number of hydrogen-bond acceptors (Lipinski definition) is 6. The average Bonchev–Trinajstić information content (AvgIpc) is 2.82. The van der Waals surface area contributed by atoms with Crippen LogP contribution in [0.2, 0.25) is 0 Å². The molecule has 1 amide bonds. The van der Waals surface area contributed by atoms with E-state index >= 15 is 0 Å². The number of para-hydroxylation sites is 1. The summed E-state index contributed by atoms with van der Waals surface area (Å²) in [4.78, 5) is 21.0. The Morgan fingerprint density at radius 1 is 1.03 bits per heavy atom. The number of amides is 1. The fourth-order valence-corrected chi connectivity index (χ4v) is 3.45. The zero-order valence-electron chi connectivity index (χ0n) is 17.7. The highest BCUT2D eigenvalue weighted by Gasteiger charge is 2.15. The lowest BCUT2D eigenvalue weighted by Crippen LogP contribution is -2.28. The van der Waals surface area contributed by atoms with Crippen LogP contribution in [0.15, 0.2) is 66.7 Å². The maximum atomic E-state index is 11.6. The topological polar surface area (TPSA) is 127 Å². The molecule has 3 aromatic carbocycles. The first kappa shape index (κ1) is 21.3. The predicted molar refractivity (Wildman–Crippen MR) is 127 cm³/mol. The van der Waals surface area contributed by atoms with Crippen LogP contribution >= 0.6 is 0 Å². The van der Waals surface area contributed by atoms with Crippen LogP contribution in [-0.2, 0) is 0 Å². The lowest BCUT2D eigenvalue weighted by molar-refractivity contribution is 0.100. The van der Waals surface area contributed by atoms with E-state index in [1.807, 2.05) is 37.3 Å². The van der Waals surface area contributed by atoms with Crippen LogP contribution < -0.4 is 16.8 Å². The van der Waals surface area contributed by atoms with E-state index in [0.717, 1.165) is 28.5 Å². The van der Waals surface area contributed by atoms with Crippen molar-refractivity contribution < 1.29 is 9.90 Å². The van der Waals surface area contributed by atoms with E-state index < -0.39 is 5.91 Å². The fourth-order valence-electron chi connectivity index (χ4n) is 3.45. The molecule has 6 N–H and O–H groups in total. The van der Waals surface area contributed by atoms with Gasteiger partial charge in [-0.15, -0.1) is 0 Å². The number of nitrogens with two attached hydrogens (primary N) is 2. The number of hydrogen-bond donors (Lipinski definition) is 4. The van der Waals surface area contributed by atoms with Gasteiger partial charge >= 0.3 is 0 Å². The van der Waals surface area contributed by atoms with Crippen LogP contribution in [0, 0.1) is 0 Å². The molecule has 7 heteroatoms. The predicted octanol–water partition coefficient (Wildman–Crippen LogP) is 3.92. The molecule has 1 heterocycles. The van der Waals surface area contributed by atoms with E-state index in [1.165, 1.54) is 0 Å². The number of aromatic hydroxyl groups is 1. The van der Waals surface area contributed by atoms with Crippen molar-refractivity contribution in [3.05, 3.63) is 72.3 Å². The molecule has 1 aromatic heterocycles. The Balaban J connectivity index is 1.81. The molecule has 0 unspecified atom stereocenters. The van der Waals surface area contributed by atoms with E-state index in [1.54, 1.807) is 36.4 Å². The zero-order valence-corrected chi connectivity index (χ0v) is 17.7. The van der Waals surface area contributed by atoms with Gasteiger partial charge in [0.1, 0.15) is 11.6 Å². The zero-order chi connectivity index (χ0) is 22.7. The molecular weight excluding hydrogens is 402 g/mol. The van der Waals surface area contributed by atoms with Gasteiger partial charge in [0.25, 0.3) is 0 Å². The van der Waals surface area contributed by atoms with Gasteiger partial charge in [0.15, 0.2) is 5.82 Å². The van der Waals surface area contributed by atoms with Gasteiger partial charge in [0.05, 0.1) is 11.1 Å². The van der Waals surface area contributed by atoms with E-state index in [2.05, 4.69) is 10.3 Å². The number of fused-ring (bicyclic) bond motifs is 1. The summed E-state index contributed by atoms with van der Waals surface area (Å²) < 4.78 is 0. The number of nitrogens with zero attached hydrogens (tertiary/aromatic N) is 2. The third-order valence-electron chi connectivity index (χ3n) is 5.38. The highest BCUT2D eigenvalue weighted by Crippen LogP contribution is 2.34. The Labute approximate surface area is 186 Å². The first-order valence-corrected chi connectivity index (χ1v) is 10.5. The Morgan fingerprint density at radius 3 is 2.59 bits per heavy atom. The molecule has 0 saturated carbocycles. The van der Waals surface area contributed by atoms with Crippen molar-refractivity contribution in [3.63, 3.8) is 0 Å². The monoisotopic (exact) mass is 427 g/mol. The summed E-state index contributed by atoms with van der Waals surface area (Å²) in [5, 5.41) is 14.8. The second kappa shape index (κ2) is 9.03. The van der Waals surface area contributed by atoms with Crippen molar-refractivity contribution in [1.29, 1.82) is 0 Å². The van der Waals surface area contributed by atoms with Crippen LogP contribution in [0.25, 0.3) is 33.4 Å². The summed E-state index contributed by atoms with van der Waals surface area (Å²) in [5.74, 6) is 0.618. The van der Waals surface area contributed by atoms with E-state index in [9.17, 15) is 9.90 Å². The molecule has 0 spiro atoms. The van der Waals surface area contributed by atoms with Gasteiger partial charge in [-0.05, 0) is 53.9 Å². The second-order valence-electron chi connectivity index (χ2n) is 7.64. The normalized spacial score (nSPS) is 11.9. The molecule has 7 nitrogen and oxygen atoms in total. The molecule has 0 fully saturated rings. The van der Waals surface area contributed by atoms with Gasteiger partial charge in [-0.25, -0.2) is 9.97 Å². The lowest BCUT2D eigenvalue weighted by atomic mass is 10.00. The summed E-state index contributed by atoms with van der Waals surface area (Å²) in [6, 6.07) is 19.9. The summed E-state index contributed by atoms with van der Waals surface area (Å²) in [7, 11) is 0. The van der Waals surface area contributed by atoms with Crippen molar-refractivity contribution >= 4 is 22.6 Å². The Morgan fingerprint density at radius 2 is 1.81 bits per heavy atom. The van der Waals surface area contributed by atoms with Crippen LogP contribution in [0.1, 0.15) is 23.7 Å². The molecule has 1 atom stereocenters. The summed E-state index contributed by atoms with van der Waals surface area (Å²) >= 11 is 0. The number of anilines is 1. The molecule has 0 aliphatic rings. The third-order valence-corrected chi connectivity index (χ3v) is 5.38. The number of aromatic nitrogens is 2. The van der Waals surface area contributed by atoms with Gasteiger partial charge in [-0.2, -0.15) is 0 Å². The highest BCUT2D eigenvalue weighted by molar-refractivity contribution is 5.94. The van der Waals surface area contributed by atoms with Crippen LogP contribution in [-0.4, -0.2) is 33.6 Å². The van der Waals surface area contributed by atoms with Crippen molar-refractivity contribution in [2.24, 2.45) is 11.5 Å². The fraction of sp³-hybridized carbons (Fsp3) is 0.160. The summed E-state index contributed by atoms with van der Waals surface area (Å²) in [6.45, 7) is 2.61. The third kappa shape index (κ3) is 4.38. The van der Waals surface area contributed by atoms with Gasteiger partial charge < -0.3 is 21.9 Å². The van der Waals surface area contributed by atoms with E-state index in [4.69, 9.17) is 16.5 Å². The number of phenols is 1. The first-order valence-electron chi connectivity index (χ1n) is 10.5. The Bertz CT molecular complexity index is 1290. The average molecular weight is 428 g/mol. The highest BCUT2D eigenvalue weighted by atomic mass is 16.3. The van der Waals surface area contributed by atoms with Crippen LogP contribution in [0.3, 0.4) is 0 Å². The number of carbonyl (C=O) groups is 1. The molecule has 0 radical (unpaired) electrons. The minimum absolute atomic E-state index is 0.00133. The summed E-state index contributed by atoms with van der Waals surface area (Å²) in [6.07, 6.45) is 0.843. The van der Waals surface area contributed by atoms with Gasteiger partial charge in [0.2, 0.25) is 5.91 Å². The maximum Gasteiger partial charge on any atom is 0.248 e. The van der Waals surface area contributed by atoms with Crippen molar-refractivity contribution in [2.45, 2.75) is 19.4 Å². The minimum Gasteiger partial charge on any atom is -0.507 e. The number of benzene rings is 3. The summed E-state index contributed by atoms with van der Waals surface area (Å²) in [5.41, 5.74) is 14.8. The smallest absolute Gasteiger partial charge is 0.248 e. The largest absolute Gasteiger partial charge is 0.507 e. The molecule has 0 aliphatic heterocycles. The van der Waals surface area contributed by atoms with Crippen molar-refractivity contribution in [3.8, 4) is 28.3 Å². The molecule has 0 aliphatic carbocycles. The van der Waals surface area contributed by atoms with Crippen molar-refractivity contribution in [2.75, 3.05) is 11.9 Å². The first-order chi connectivity index (χ1) is 15.5. The maximum absolute atomic E-state index is 11.6. The van der Waals surface area contributed by atoms with E-state index in [0.29, 0.717) is 29.3 Å². The number of phenolic OH excluding ortho intramolecular Hbond substituents is 1. The quantitative estimate of drug-likeness (QED) is 0.354. The Kier molecular flexibility index (Phi) is 6.00. The standard InChI is InChI=1S/C25H25N5O2/c1-2-18(26)14-28-24-19-8-3-4-9-21(19)29-25(30-24)20-13-16(10-11-22(20)31)15-6-5-7-17(12-15)23(27)32/h3-13,18,31H,2,14,26H2,1H3,(H2,27,32)(H,28,29,30)/t18-/m1/s1. The number of carbonyl (C=O) groups excluding carboxylic acids is 1. The van der Waals surface area contributed by atoms with Gasteiger partial charge in [0, 0.05) is 23.5 Å². The molecule has 0 saturated heterocycles. The van der Waals surface area contributed by atoms with Crippen LogP contribution in [0.5, 0.6) is 5.75 Å². The van der Waals surface area contributed by atoms with Gasteiger partial charge in [-0.1, -0.05) is 37.3 Å². The number of primary amides is 1. The molecule has 32 heavy (non-hydrogen) atoms. The van der Waals surface area contributed by atoms with Crippen LogP contribution in [0.4, 0.5) is 5.82 Å². The molecule has 4 rings (SSSR count). The molecule has 4 aromatic rings. The Hall–Kier alpha value is -3.97.